The molecule has 1 amide bonds. The van der Waals surface area contributed by atoms with Gasteiger partial charge in [-0.05, 0) is 111 Å². The highest BCUT2D eigenvalue weighted by Crippen LogP contribution is 2.28. The maximum absolute atomic E-state index is 12.6. The molecule has 14 nitrogen and oxygen atoms in total. The number of carbonyl (C=O) groups excluding carboxylic acids is 1. The average molecular weight is 907 g/mol. The summed E-state index contributed by atoms with van der Waals surface area (Å²) in [5, 5.41) is 12.5. The quantitative estimate of drug-likeness (QED) is 0.0872. The lowest BCUT2D eigenvalue weighted by atomic mass is 10.1. The van der Waals surface area contributed by atoms with Gasteiger partial charge in [-0.3, -0.25) is 4.79 Å². The minimum atomic E-state index is -4.21. The molecule has 334 valence electrons. The number of alkyl halides is 4. The fourth-order valence-electron chi connectivity index (χ4n) is 6.09. The van der Waals surface area contributed by atoms with Crippen molar-refractivity contribution < 1.29 is 73.0 Å². The molecule has 0 atom stereocenters. The van der Waals surface area contributed by atoms with Gasteiger partial charge in [0.2, 0.25) is 5.76 Å². The number of ether oxygens (including phenoxy) is 4. The van der Waals surface area contributed by atoms with Crippen LogP contribution in [-0.2, 0) is 23.2 Å². The first kappa shape index (κ1) is 46.0. The molecule has 0 saturated heterocycles. The van der Waals surface area contributed by atoms with Gasteiger partial charge in [0.05, 0.1) is 0 Å². The van der Waals surface area contributed by atoms with E-state index in [1.165, 1.54) is 50.2 Å². The van der Waals surface area contributed by atoms with Crippen molar-refractivity contribution in [3.05, 3.63) is 155 Å². The highest BCUT2D eigenvalue weighted by atomic mass is 32.2. The summed E-state index contributed by atoms with van der Waals surface area (Å²) >= 11 is 0. The molecule has 0 aliphatic rings. The summed E-state index contributed by atoms with van der Waals surface area (Å²) in [4.78, 5) is 23.2. The minimum absolute atomic E-state index is 0.0614. The van der Waals surface area contributed by atoms with Crippen molar-refractivity contribution in [3.8, 4) is 45.3 Å². The third kappa shape index (κ3) is 11.9. The van der Waals surface area contributed by atoms with Crippen molar-refractivity contribution in [1.29, 1.82) is 0 Å². The molecule has 0 radical (unpaired) electrons. The molecule has 7 aromatic rings. The molecule has 0 bridgehead atoms. The van der Waals surface area contributed by atoms with Crippen LogP contribution in [0.15, 0.2) is 127 Å². The van der Waals surface area contributed by atoms with E-state index in [4.69, 9.17) is 27.9 Å². The summed E-state index contributed by atoms with van der Waals surface area (Å²) in [5.41, 5.74) is 4.73. The number of rotatable bonds is 16. The molecule has 0 unspecified atom stereocenters. The van der Waals surface area contributed by atoms with Crippen LogP contribution >= 0.6 is 0 Å². The Hall–Kier alpha value is -7.54. The van der Waals surface area contributed by atoms with E-state index in [1.807, 2.05) is 16.9 Å². The lowest BCUT2D eigenvalue weighted by molar-refractivity contribution is -0.0505. The Labute approximate surface area is 363 Å². The molecule has 4 aromatic carbocycles. The number of carboxylic acid groups (broad SMARTS) is 1. The molecule has 0 fully saturated rings. The second kappa shape index (κ2) is 20.1. The number of halogens is 4. The van der Waals surface area contributed by atoms with Crippen LogP contribution in [0.3, 0.4) is 0 Å². The predicted molar refractivity (Wildman–Crippen MR) is 220 cm³/mol. The molecule has 0 aliphatic carbocycles. The fourth-order valence-corrected chi connectivity index (χ4v) is 7.38. The highest BCUT2D eigenvalue weighted by Gasteiger charge is 2.28. The Morgan fingerprint density at radius 3 is 1.33 bits per heavy atom. The molecular weight excluding hydrogens is 869 g/mol. The lowest BCUT2D eigenvalue weighted by Gasteiger charge is -2.08. The van der Waals surface area contributed by atoms with Gasteiger partial charge in [-0.15, -0.1) is 0 Å². The zero-order valence-corrected chi connectivity index (χ0v) is 35.1. The summed E-state index contributed by atoms with van der Waals surface area (Å²) in [7, 11) is -4.21. The Balaban J connectivity index is 0.000000223. The standard InChI is InChI=1S/C25H22F2N2O7S.C20H16F2O5/c1-14-23(16(3)36-28-14)37(31,32)29-24(30)22-12-19(15(2)34-22)13-33-20-8-4-17(5-9-20)18-6-10-21(11-7-18)35-25(26)27;1-12-15(10-18(26-12)19(23)24)11-25-16-6-2-13(3-7-16)14-4-8-17(9-5-14)27-20(21)22/h4-12,25H,13H2,1-3H3,(H,29,30);2-10,20H,11H2,1H3,(H,23,24). The van der Waals surface area contributed by atoms with Gasteiger partial charge in [-0.2, -0.15) is 17.6 Å². The fraction of sp³-hybridized carbons (Fsp3) is 0.178. The number of hydrogen-bond acceptors (Lipinski definition) is 12. The van der Waals surface area contributed by atoms with Crippen molar-refractivity contribution in [2.45, 2.75) is 59.0 Å². The normalized spacial score (nSPS) is 11.2. The van der Waals surface area contributed by atoms with E-state index < -0.39 is 35.1 Å². The first-order chi connectivity index (χ1) is 30.4. The summed E-state index contributed by atoms with van der Waals surface area (Å²) in [6.45, 7) is 0.708. The molecule has 64 heavy (non-hydrogen) atoms. The maximum atomic E-state index is 12.6. The zero-order valence-electron chi connectivity index (χ0n) is 34.3. The van der Waals surface area contributed by atoms with Crippen LogP contribution in [0.4, 0.5) is 17.6 Å². The maximum Gasteiger partial charge on any atom is 0.387 e. The van der Waals surface area contributed by atoms with Crippen molar-refractivity contribution in [3.63, 3.8) is 0 Å². The Kier molecular flexibility index (Phi) is 14.4. The number of carbonyl (C=O) groups is 2. The molecule has 2 N–H and O–H groups in total. The molecule has 3 heterocycles. The first-order valence-corrected chi connectivity index (χ1v) is 20.4. The van der Waals surface area contributed by atoms with Crippen LogP contribution in [-0.4, -0.2) is 43.8 Å². The number of nitrogens with one attached hydrogen (secondary N) is 1. The number of aromatic carboxylic acids is 1. The Morgan fingerprint density at radius 2 is 0.984 bits per heavy atom. The van der Waals surface area contributed by atoms with Crippen LogP contribution in [0.5, 0.6) is 23.0 Å². The largest absolute Gasteiger partial charge is 0.489 e. The molecule has 0 saturated carbocycles. The van der Waals surface area contributed by atoms with Crippen LogP contribution in [0.25, 0.3) is 22.3 Å². The second-order valence-electron chi connectivity index (χ2n) is 13.7. The molecule has 0 spiro atoms. The summed E-state index contributed by atoms with van der Waals surface area (Å²) in [6, 6.07) is 29.7. The number of aromatic nitrogens is 1. The van der Waals surface area contributed by atoms with Crippen LogP contribution < -0.4 is 23.7 Å². The smallest absolute Gasteiger partial charge is 0.387 e. The number of furan rings is 2. The van der Waals surface area contributed by atoms with Gasteiger partial charge in [0.15, 0.2) is 16.4 Å². The zero-order chi connectivity index (χ0) is 46.1. The van der Waals surface area contributed by atoms with Gasteiger partial charge in [0.25, 0.3) is 10.0 Å². The monoisotopic (exact) mass is 906 g/mol. The number of amides is 1. The van der Waals surface area contributed by atoms with Crippen LogP contribution in [0, 0.1) is 27.7 Å². The highest BCUT2D eigenvalue weighted by molar-refractivity contribution is 7.90. The van der Waals surface area contributed by atoms with Gasteiger partial charge in [0.1, 0.15) is 53.4 Å². The minimum Gasteiger partial charge on any atom is -0.489 e. The predicted octanol–water partition coefficient (Wildman–Crippen LogP) is 10.3. The molecule has 3 aromatic heterocycles. The SMILES string of the molecule is Cc1noc(C)c1S(=O)(=O)NC(=O)c1cc(COc2ccc(-c3ccc(OC(F)F)cc3)cc2)c(C)o1.Cc1oc(C(=O)O)cc1COc1ccc(-c2ccc(OC(F)F)cc2)cc1. The summed E-state index contributed by atoms with van der Waals surface area (Å²) in [6.07, 6.45) is 0. The number of benzene rings is 4. The van der Waals surface area contributed by atoms with E-state index in [9.17, 15) is 35.6 Å². The van der Waals surface area contributed by atoms with Crippen molar-refractivity contribution in [1.82, 2.24) is 9.88 Å². The molecular formula is C45H38F4N2O12S. The van der Waals surface area contributed by atoms with Crippen molar-refractivity contribution in [2.24, 2.45) is 0 Å². The van der Waals surface area contributed by atoms with E-state index in [0.29, 0.717) is 34.1 Å². The topological polar surface area (TPSA) is 190 Å². The number of sulfonamides is 1. The summed E-state index contributed by atoms with van der Waals surface area (Å²) < 4.78 is 112. The molecule has 19 heteroatoms. The van der Waals surface area contributed by atoms with E-state index in [2.05, 4.69) is 14.6 Å². The van der Waals surface area contributed by atoms with Gasteiger partial charge in [-0.1, -0.05) is 53.7 Å². The van der Waals surface area contributed by atoms with Crippen molar-refractivity contribution in [2.75, 3.05) is 0 Å². The second-order valence-corrected chi connectivity index (χ2v) is 15.3. The van der Waals surface area contributed by atoms with E-state index >= 15 is 0 Å². The number of aryl methyl sites for hydroxylation is 4. The van der Waals surface area contributed by atoms with Gasteiger partial charge in [-0.25, -0.2) is 17.9 Å². The van der Waals surface area contributed by atoms with Crippen molar-refractivity contribution >= 4 is 21.9 Å². The Bertz CT molecular complexity index is 2780. The number of nitrogens with zero attached hydrogens (tertiary/aromatic N) is 1. The molecule has 7 rings (SSSR count). The van der Waals surface area contributed by atoms with E-state index in [-0.39, 0.29) is 52.6 Å². The number of carboxylic acids is 1. The van der Waals surface area contributed by atoms with Gasteiger partial charge >= 0.3 is 25.1 Å². The van der Waals surface area contributed by atoms with E-state index in [0.717, 1.165) is 22.3 Å². The number of hydrogen-bond donors (Lipinski definition) is 2. The van der Waals surface area contributed by atoms with Gasteiger partial charge < -0.3 is 37.4 Å². The average Bonchev–Trinajstić information content (AvgIpc) is 3.94. The lowest BCUT2D eigenvalue weighted by Crippen LogP contribution is -2.31. The van der Waals surface area contributed by atoms with E-state index in [1.54, 1.807) is 74.5 Å². The first-order valence-electron chi connectivity index (χ1n) is 18.9. The van der Waals surface area contributed by atoms with Crippen LogP contribution in [0.2, 0.25) is 0 Å². The van der Waals surface area contributed by atoms with Gasteiger partial charge in [0, 0.05) is 11.1 Å². The molecule has 0 aliphatic heterocycles. The third-order valence-electron chi connectivity index (χ3n) is 9.26. The summed E-state index contributed by atoms with van der Waals surface area (Å²) in [5.74, 6) is -0.121. The van der Waals surface area contributed by atoms with Crippen LogP contribution in [0.1, 0.15) is 55.2 Å². The Morgan fingerprint density at radius 1 is 0.609 bits per heavy atom. The third-order valence-corrected chi connectivity index (χ3v) is 10.8.